The molecule has 4 aromatic rings. The topological polar surface area (TPSA) is 81.3 Å². The fourth-order valence-corrected chi connectivity index (χ4v) is 5.72. The van der Waals surface area contributed by atoms with Crippen LogP contribution in [0.2, 0.25) is 0 Å². The maximum atomic E-state index is 13.5. The Bertz CT molecular complexity index is 1430. The van der Waals surface area contributed by atoms with Crippen molar-refractivity contribution in [3.05, 3.63) is 64.4 Å². The standard InChI is InChI=1S/C26H29N5O2S/c1-16-10-8-12-20(18(16)3)27-23(32)15-34-26-29-28-25-30(21-13-6-4-9-17(21)2)24(33)19-11-5-7-14-22(19)31(25)26/h4-7,9,11,13-14,16,18,20H,8,10,12,15H2,1-3H3,(H,27,32). The molecule has 0 radical (unpaired) electrons. The van der Waals surface area contributed by atoms with Gasteiger partial charge in [-0.25, -0.2) is 4.57 Å². The van der Waals surface area contributed by atoms with Gasteiger partial charge in [0.1, 0.15) is 0 Å². The molecule has 2 aromatic carbocycles. The SMILES string of the molecule is Cc1ccccc1-n1c(=O)c2ccccc2n2c(SCC(=O)NC3CCCC(C)C3C)nnc12. The lowest BCUT2D eigenvalue weighted by Gasteiger charge is -2.34. The number of fused-ring (bicyclic) bond motifs is 3. The van der Waals surface area contributed by atoms with Gasteiger partial charge in [0.25, 0.3) is 5.56 Å². The molecule has 1 amide bonds. The molecule has 3 unspecified atom stereocenters. The Balaban J connectivity index is 1.50. The highest BCUT2D eigenvalue weighted by Crippen LogP contribution is 2.30. The van der Waals surface area contributed by atoms with E-state index in [1.54, 1.807) is 4.57 Å². The summed E-state index contributed by atoms with van der Waals surface area (Å²) < 4.78 is 3.49. The second-order valence-electron chi connectivity index (χ2n) is 9.29. The molecule has 0 aliphatic heterocycles. The molecule has 2 aromatic heterocycles. The summed E-state index contributed by atoms with van der Waals surface area (Å²) >= 11 is 1.35. The minimum atomic E-state index is -0.139. The number of amides is 1. The fraction of sp³-hybridized carbons (Fsp3) is 0.385. The zero-order chi connectivity index (χ0) is 23.8. The van der Waals surface area contributed by atoms with Crippen LogP contribution in [0.5, 0.6) is 0 Å². The maximum Gasteiger partial charge on any atom is 0.267 e. The molecular weight excluding hydrogens is 446 g/mol. The largest absolute Gasteiger partial charge is 0.352 e. The van der Waals surface area contributed by atoms with Crippen molar-refractivity contribution in [1.29, 1.82) is 0 Å². The van der Waals surface area contributed by atoms with E-state index in [1.807, 2.05) is 59.9 Å². The summed E-state index contributed by atoms with van der Waals surface area (Å²) in [5.74, 6) is 1.79. The molecule has 34 heavy (non-hydrogen) atoms. The maximum absolute atomic E-state index is 13.5. The van der Waals surface area contributed by atoms with Crippen LogP contribution in [-0.2, 0) is 4.79 Å². The van der Waals surface area contributed by atoms with E-state index in [-0.39, 0.29) is 23.3 Å². The molecule has 1 aliphatic carbocycles. The van der Waals surface area contributed by atoms with Gasteiger partial charge < -0.3 is 5.32 Å². The number of hydrogen-bond acceptors (Lipinski definition) is 5. The lowest BCUT2D eigenvalue weighted by atomic mass is 9.78. The van der Waals surface area contributed by atoms with Crippen LogP contribution in [0.3, 0.4) is 0 Å². The Labute approximate surface area is 202 Å². The van der Waals surface area contributed by atoms with Crippen molar-refractivity contribution in [3.8, 4) is 5.69 Å². The second-order valence-corrected chi connectivity index (χ2v) is 10.2. The van der Waals surface area contributed by atoms with Crippen LogP contribution in [0, 0.1) is 18.8 Å². The van der Waals surface area contributed by atoms with E-state index in [4.69, 9.17) is 0 Å². The second kappa shape index (κ2) is 9.25. The zero-order valence-electron chi connectivity index (χ0n) is 19.7. The van der Waals surface area contributed by atoms with Crippen molar-refractivity contribution in [2.24, 2.45) is 11.8 Å². The Morgan fingerprint density at radius 2 is 1.85 bits per heavy atom. The monoisotopic (exact) mass is 475 g/mol. The van der Waals surface area contributed by atoms with Crippen LogP contribution >= 0.6 is 11.8 Å². The predicted octanol–water partition coefficient (Wildman–Crippen LogP) is 4.37. The molecule has 0 bridgehead atoms. The van der Waals surface area contributed by atoms with E-state index in [1.165, 1.54) is 18.2 Å². The number of aromatic nitrogens is 4. The molecule has 5 rings (SSSR count). The van der Waals surface area contributed by atoms with Gasteiger partial charge in [-0.15, -0.1) is 10.2 Å². The first kappa shape index (κ1) is 22.7. The number of thioether (sulfide) groups is 1. The van der Waals surface area contributed by atoms with Crippen molar-refractivity contribution < 1.29 is 4.79 Å². The number of nitrogens with zero attached hydrogens (tertiary/aromatic N) is 4. The molecule has 176 valence electrons. The van der Waals surface area contributed by atoms with Gasteiger partial charge in [0.15, 0.2) is 5.16 Å². The van der Waals surface area contributed by atoms with E-state index in [0.717, 1.165) is 29.6 Å². The molecule has 1 N–H and O–H groups in total. The molecular formula is C26H29N5O2S. The summed E-state index contributed by atoms with van der Waals surface area (Å²) in [5, 5.41) is 13.2. The molecule has 7 nitrogen and oxygen atoms in total. The highest BCUT2D eigenvalue weighted by Gasteiger charge is 2.28. The van der Waals surface area contributed by atoms with Crippen LogP contribution in [0.1, 0.15) is 38.7 Å². The van der Waals surface area contributed by atoms with Crippen LogP contribution in [-0.4, -0.2) is 36.9 Å². The van der Waals surface area contributed by atoms with Crippen molar-refractivity contribution in [2.75, 3.05) is 5.75 Å². The zero-order valence-corrected chi connectivity index (χ0v) is 20.5. The first-order valence-electron chi connectivity index (χ1n) is 11.8. The Morgan fingerprint density at radius 1 is 1.09 bits per heavy atom. The van der Waals surface area contributed by atoms with Crippen LogP contribution in [0.15, 0.2) is 58.5 Å². The third kappa shape index (κ3) is 4.00. The van der Waals surface area contributed by atoms with Crippen molar-refractivity contribution in [2.45, 2.75) is 51.2 Å². The lowest BCUT2D eigenvalue weighted by molar-refractivity contribution is -0.120. The first-order chi connectivity index (χ1) is 16.5. The fourth-order valence-electron chi connectivity index (χ4n) is 4.97. The average molecular weight is 476 g/mol. The van der Waals surface area contributed by atoms with Crippen molar-refractivity contribution in [1.82, 2.24) is 24.5 Å². The summed E-state index contributed by atoms with van der Waals surface area (Å²) in [7, 11) is 0. The molecule has 1 aliphatic rings. The summed E-state index contributed by atoms with van der Waals surface area (Å²) in [5.41, 5.74) is 2.33. The van der Waals surface area contributed by atoms with E-state index >= 15 is 0 Å². The number of rotatable bonds is 5. The highest BCUT2D eigenvalue weighted by atomic mass is 32.2. The van der Waals surface area contributed by atoms with Gasteiger partial charge in [-0.3, -0.25) is 14.0 Å². The van der Waals surface area contributed by atoms with Gasteiger partial charge in [-0.2, -0.15) is 0 Å². The molecule has 3 atom stereocenters. The number of hydrogen-bond donors (Lipinski definition) is 1. The highest BCUT2D eigenvalue weighted by molar-refractivity contribution is 7.99. The number of nitrogens with one attached hydrogen (secondary N) is 1. The normalized spacial score (nSPS) is 20.6. The Morgan fingerprint density at radius 3 is 2.68 bits per heavy atom. The summed E-state index contributed by atoms with van der Waals surface area (Å²) in [6.45, 7) is 6.46. The van der Waals surface area contributed by atoms with Crippen LogP contribution in [0.25, 0.3) is 22.4 Å². The average Bonchev–Trinajstić information content (AvgIpc) is 3.26. The smallest absolute Gasteiger partial charge is 0.267 e. The van der Waals surface area contributed by atoms with Gasteiger partial charge in [0.05, 0.1) is 22.3 Å². The molecule has 2 heterocycles. The van der Waals surface area contributed by atoms with Crippen LogP contribution < -0.4 is 10.9 Å². The van der Waals surface area contributed by atoms with E-state index in [9.17, 15) is 9.59 Å². The van der Waals surface area contributed by atoms with Gasteiger partial charge in [0, 0.05) is 6.04 Å². The van der Waals surface area contributed by atoms with Crippen molar-refractivity contribution >= 4 is 34.3 Å². The lowest BCUT2D eigenvalue weighted by Crippen LogP contribution is -2.44. The molecule has 1 saturated carbocycles. The quantitative estimate of drug-likeness (QED) is 0.434. The van der Waals surface area contributed by atoms with Gasteiger partial charge in [0.2, 0.25) is 11.7 Å². The minimum absolute atomic E-state index is 0.00392. The molecule has 8 heteroatoms. The van der Waals surface area contributed by atoms with Gasteiger partial charge >= 0.3 is 0 Å². The molecule has 0 spiro atoms. The van der Waals surface area contributed by atoms with E-state index in [0.29, 0.717) is 28.2 Å². The predicted molar refractivity (Wildman–Crippen MR) is 136 cm³/mol. The van der Waals surface area contributed by atoms with Gasteiger partial charge in [-0.1, -0.05) is 68.8 Å². The third-order valence-electron chi connectivity index (χ3n) is 7.14. The minimum Gasteiger partial charge on any atom is -0.352 e. The van der Waals surface area contributed by atoms with E-state index in [2.05, 4.69) is 29.4 Å². The first-order valence-corrected chi connectivity index (χ1v) is 12.8. The van der Waals surface area contributed by atoms with Crippen molar-refractivity contribution in [3.63, 3.8) is 0 Å². The molecule has 1 fully saturated rings. The number of carbonyl (C=O) groups is 1. The summed E-state index contributed by atoms with van der Waals surface area (Å²) in [6, 6.07) is 15.4. The Hall–Kier alpha value is -3.13. The summed E-state index contributed by atoms with van der Waals surface area (Å²) in [6.07, 6.45) is 3.41. The van der Waals surface area contributed by atoms with Gasteiger partial charge in [-0.05, 0) is 48.9 Å². The van der Waals surface area contributed by atoms with E-state index < -0.39 is 0 Å². The number of para-hydroxylation sites is 2. The number of benzene rings is 2. The van der Waals surface area contributed by atoms with Crippen LogP contribution in [0.4, 0.5) is 0 Å². The number of aryl methyl sites for hydroxylation is 1. The summed E-state index contributed by atoms with van der Waals surface area (Å²) in [4.78, 5) is 26.3. The Kier molecular flexibility index (Phi) is 6.16. The molecule has 0 saturated heterocycles. The third-order valence-corrected chi connectivity index (χ3v) is 8.07. The number of carbonyl (C=O) groups excluding carboxylic acids is 1.